The lowest BCUT2D eigenvalue weighted by atomic mass is 10.3. The molecule has 4 aromatic rings. The van der Waals surface area contributed by atoms with Gasteiger partial charge < -0.3 is 4.42 Å². The molecule has 0 saturated carbocycles. The Kier molecular flexibility index (Phi) is 2.97. The molecule has 22 heavy (non-hydrogen) atoms. The zero-order chi connectivity index (χ0) is 14.8. The van der Waals surface area contributed by atoms with Crippen molar-refractivity contribution in [2.45, 2.75) is 0 Å². The first-order valence-corrected chi connectivity index (χ1v) is 6.76. The standard InChI is InChI=1S/C16H11N5O/c1-2-6-12(7-3-1)21-14(9-11-18-21)16-20-19-15(22-16)13-8-4-5-10-17-13/h1-11H. The van der Waals surface area contributed by atoms with Crippen LogP contribution in [0, 0.1) is 0 Å². The van der Waals surface area contributed by atoms with Gasteiger partial charge in [-0.15, -0.1) is 10.2 Å². The largest absolute Gasteiger partial charge is 0.413 e. The SMILES string of the molecule is c1ccc(-n2nccc2-c2nnc(-c3ccccn3)o2)cc1. The summed E-state index contributed by atoms with van der Waals surface area (Å²) in [6.45, 7) is 0. The van der Waals surface area contributed by atoms with Gasteiger partial charge in [0.25, 0.3) is 11.8 Å². The van der Waals surface area contributed by atoms with Gasteiger partial charge in [0.1, 0.15) is 11.4 Å². The second-order valence-electron chi connectivity index (χ2n) is 4.59. The van der Waals surface area contributed by atoms with Gasteiger partial charge in [-0.25, -0.2) is 4.68 Å². The lowest BCUT2D eigenvalue weighted by Crippen LogP contribution is -1.98. The monoisotopic (exact) mass is 289 g/mol. The van der Waals surface area contributed by atoms with Gasteiger partial charge in [0, 0.05) is 6.20 Å². The summed E-state index contributed by atoms with van der Waals surface area (Å²) in [6, 6.07) is 17.2. The molecule has 0 radical (unpaired) electrons. The van der Waals surface area contributed by atoms with Crippen LogP contribution >= 0.6 is 0 Å². The van der Waals surface area contributed by atoms with Gasteiger partial charge >= 0.3 is 0 Å². The lowest BCUT2D eigenvalue weighted by molar-refractivity contribution is 0.576. The van der Waals surface area contributed by atoms with Gasteiger partial charge in [-0.2, -0.15) is 5.10 Å². The van der Waals surface area contributed by atoms with Gasteiger partial charge in [0.2, 0.25) is 0 Å². The van der Waals surface area contributed by atoms with E-state index in [0.717, 1.165) is 11.4 Å². The maximum atomic E-state index is 5.73. The summed E-state index contributed by atoms with van der Waals surface area (Å²) >= 11 is 0. The van der Waals surface area contributed by atoms with Crippen molar-refractivity contribution in [3.8, 4) is 28.9 Å². The fourth-order valence-electron chi connectivity index (χ4n) is 2.16. The Balaban J connectivity index is 1.76. The smallest absolute Gasteiger partial charge is 0.266 e. The summed E-state index contributed by atoms with van der Waals surface area (Å²) in [6.07, 6.45) is 3.39. The molecule has 4 rings (SSSR count). The van der Waals surface area contributed by atoms with Crippen molar-refractivity contribution in [2.24, 2.45) is 0 Å². The number of hydrogen-bond donors (Lipinski definition) is 0. The first-order chi connectivity index (χ1) is 10.9. The van der Waals surface area contributed by atoms with E-state index in [1.54, 1.807) is 17.1 Å². The molecule has 0 N–H and O–H groups in total. The molecule has 0 fully saturated rings. The highest BCUT2D eigenvalue weighted by molar-refractivity contribution is 5.54. The minimum absolute atomic E-state index is 0.386. The van der Waals surface area contributed by atoms with E-state index in [1.807, 2.05) is 54.6 Å². The minimum Gasteiger partial charge on any atom is -0.413 e. The second kappa shape index (κ2) is 5.25. The fourth-order valence-corrected chi connectivity index (χ4v) is 2.16. The van der Waals surface area contributed by atoms with Crippen LogP contribution in [0.4, 0.5) is 0 Å². The predicted molar refractivity (Wildman–Crippen MR) is 80.1 cm³/mol. The molecule has 0 aliphatic heterocycles. The van der Waals surface area contributed by atoms with E-state index in [4.69, 9.17) is 4.42 Å². The van der Waals surface area contributed by atoms with Crippen LogP contribution in [0.3, 0.4) is 0 Å². The summed E-state index contributed by atoms with van der Waals surface area (Å²) < 4.78 is 7.49. The molecule has 6 heteroatoms. The van der Waals surface area contributed by atoms with Crippen LogP contribution in [-0.4, -0.2) is 25.0 Å². The first-order valence-electron chi connectivity index (χ1n) is 6.76. The Hall–Kier alpha value is -3.28. The Labute approximate surface area is 126 Å². The van der Waals surface area contributed by atoms with E-state index in [1.165, 1.54) is 0 Å². The molecule has 3 aromatic heterocycles. The number of para-hydroxylation sites is 1. The zero-order valence-electron chi connectivity index (χ0n) is 11.5. The average Bonchev–Trinajstić information content (AvgIpc) is 3.25. The number of hydrogen-bond acceptors (Lipinski definition) is 5. The van der Waals surface area contributed by atoms with Crippen molar-refractivity contribution in [1.82, 2.24) is 25.0 Å². The van der Waals surface area contributed by atoms with Crippen molar-refractivity contribution in [3.63, 3.8) is 0 Å². The Bertz CT molecular complexity index is 883. The predicted octanol–water partition coefficient (Wildman–Crippen LogP) is 2.98. The van der Waals surface area contributed by atoms with E-state index in [2.05, 4.69) is 20.3 Å². The van der Waals surface area contributed by atoms with Gasteiger partial charge in [-0.1, -0.05) is 24.3 Å². The van der Waals surface area contributed by atoms with Crippen molar-refractivity contribution in [2.75, 3.05) is 0 Å². The van der Waals surface area contributed by atoms with Crippen LogP contribution in [0.15, 0.2) is 71.4 Å². The second-order valence-corrected chi connectivity index (χ2v) is 4.59. The maximum Gasteiger partial charge on any atom is 0.266 e. The van der Waals surface area contributed by atoms with Crippen molar-refractivity contribution >= 4 is 0 Å². The summed E-state index contributed by atoms with van der Waals surface area (Å²) in [5.41, 5.74) is 2.31. The summed E-state index contributed by atoms with van der Waals surface area (Å²) in [5.74, 6) is 0.790. The van der Waals surface area contributed by atoms with Gasteiger partial charge in [0.05, 0.1) is 11.9 Å². The van der Waals surface area contributed by atoms with E-state index < -0.39 is 0 Å². The highest BCUT2D eigenvalue weighted by atomic mass is 16.4. The Morgan fingerprint density at radius 1 is 0.773 bits per heavy atom. The third-order valence-corrected chi connectivity index (χ3v) is 3.17. The molecule has 106 valence electrons. The third-order valence-electron chi connectivity index (χ3n) is 3.17. The average molecular weight is 289 g/mol. The van der Waals surface area contributed by atoms with Crippen LogP contribution in [-0.2, 0) is 0 Å². The van der Waals surface area contributed by atoms with E-state index in [0.29, 0.717) is 17.5 Å². The molecule has 0 saturated heterocycles. The van der Waals surface area contributed by atoms with E-state index in [9.17, 15) is 0 Å². The summed E-state index contributed by atoms with van der Waals surface area (Å²) in [7, 11) is 0. The van der Waals surface area contributed by atoms with Crippen molar-refractivity contribution in [3.05, 3.63) is 67.0 Å². The van der Waals surface area contributed by atoms with Crippen molar-refractivity contribution < 1.29 is 4.42 Å². The fraction of sp³-hybridized carbons (Fsp3) is 0. The van der Waals surface area contributed by atoms with Gasteiger partial charge in [-0.05, 0) is 30.3 Å². The zero-order valence-corrected chi connectivity index (χ0v) is 11.5. The number of benzene rings is 1. The molecule has 0 spiro atoms. The first kappa shape index (κ1) is 12.5. The summed E-state index contributed by atoms with van der Waals surface area (Å²) in [5, 5.41) is 12.5. The molecule has 1 aromatic carbocycles. The third kappa shape index (κ3) is 2.16. The molecule has 0 aliphatic rings. The molecule has 0 aliphatic carbocycles. The van der Waals surface area contributed by atoms with Crippen LogP contribution in [0.2, 0.25) is 0 Å². The topological polar surface area (TPSA) is 69.6 Å². The summed E-state index contributed by atoms with van der Waals surface area (Å²) in [4.78, 5) is 4.21. The molecule has 0 unspecified atom stereocenters. The lowest BCUT2D eigenvalue weighted by Gasteiger charge is -2.03. The Morgan fingerprint density at radius 2 is 1.59 bits per heavy atom. The molecule has 0 amide bonds. The van der Waals surface area contributed by atoms with E-state index in [-0.39, 0.29) is 0 Å². The highest BCUT2D eigenvalue weighted by Gasteiger charge is 2.15. The van der Waals surface area contributed by atoms with Crippen LogP contribution in [0.25, 0.3) is 28.9 Å². The molecular formula is C16H11N5O. The van der Waals surface area contributed by atoms with Crippen LogP contribution in [0.5, 0.6) is 0 Å². The number of nitrogens with zero attached hydrogens (tertiary/aromatic N) is 5. The van der Waals surface area contributed by atoms with Crippen LogP contribution < -0.4 is 0 Å². The quantitative estimate of drug-likeness (QED) is 0.580. The minimum atomic E-state index is 0.386. The molecule has 0 bridgehead atoms. The molecule has 6 nitrogen and oxygen atoms in total. The maximum absolute atomic E-state index is 5.73. The molecule has 0 atom stereocenters. The molecule has 3 heterocycles. The number of pyridine rings is 1. The number of rotatable bonds is 3. The number of aromatic nitrogens is 5. The van der Waals surface area contributed by atoms with E-state index >= 15 is 0 Å². The molecular weight excluding hydrogens is 278 g/mol. The Morgan fingerprint density at radius 3 is 2.41 bits per heavy atom. The van der Waals surface area contributed by atoms with Gasteiger partial charge in [0.15, 0.2) is 0 Å². The van der Waals surface area contributed by atoms with Crippen molar-refractivity contribution in [1.29, 1.82) is 0 Å². The highest BCUT2D eigenvalue weighted by Crippen LogP contribution is 2.24. The normalized spacial score (nSPS) is 10.7. The van der Waals surface area contributed by atoms with Gasteiger partial charge in [-0.3, -0.25) is 4.98 Å². The van der Waals surface area contributed by atoms with Crippen LogP contribution in [0.1, 0.15) is 0 Å².